The van der Waals surface area contributed by atoms with Crippen molar-refractivity contribution in [1.82, 2.24) is 4.98 Å². The highest BCUT2D eigenvalue weighted by atomic mass is 32.1. The lowest BCUT2D eigenvalue weighted by Gasteiger charge is -2.23. The summed E-state index contributed by atoms with van der Waals surface area (Å²) in [6.45, 7) is 6.62. The maximum atomic E-state index is 11.0. The van der Waals surface area contributed by atoms with Gasteiger partial charge in [0.25, 0.3) is 0 Å². The van der Waals surface area contributed by atoms with Crippen LogP contribution in [0.15, 0.2) is 29.6 Å². The molecular formula is C14H17N3O2S. The summed E-state index contributed by atoms with van der Waals surface area (Å²) in [7, 11) is 0. The Kier molecular flexibility index (Phi) is 4.04. The lowest BCUT2D eigenvalue weighted by Crippen LogP contribution is -2.27. The van der Waals surface area contributed by atoms with Crippen molar-refractivity contribution in [3.05, 3.63) is 50.3 Å². The van der Waals surface area contributed by atoms with Crippen LogP contribution in [0.2, 0.25) is 0 Å². The van der Waals surface area contributed by atoms with Crippen LogP contribution in [0.1, 0.15) is 24.4 Å². The average molecular weight is 291 g/mol. The maximum Gasteiger partial charge on any atom is 0.311 e. The Morgan fingerprint density at radius 2 is 2.15 bits per heavy atom. The fourth-order valence-corrected chi connectivity index (χ4v) is 2.73. The van der Waals surface area contributed by atoms with E-state index in [1.165, 1.54) is 10.9 Å². The summed E-state index contributed by atoms with van der Waals surface area (Å²) in [5, 5.41) is 16.2. The molecule has 2 heterocycles. The standard InChI is InChI=1S/C14H17N3O2S/c1-10-6-7-11(17(18)19)13(16-10)15-9-14(2,3)12-5-4-8-20-12/h4-8H,9H2,1-3H3,(H,15,16). The molecule has 2 rings (SSSR count). The van der Waals surface area contributed by atoms with Gasteiger partial charge in [-0.15, -0.1) is 11.3 Å². The third-order valence-electron chi connectivity index (χ3n) is 3.10. The van der Waals surface area contributed by atoms with Gasteiger partial charge in [-0.2, -0.15) is 0 Å². The summed E-state index contributed by atoms with van der Waals surface area (Å²) in [6.07, 6.45) is 0. The minimum absolute atomic E-state index is 0.0116. The predicted molar refractivity (Wildman–Crippen MR) is 81.5 cm³/mol. The zero-order valence-corrected chi connectivity index (χ0v) is 12.5. The highest BCUT2D eigenvalue weighted by molar-refractivity contribution is 7.10. The number of rotatable bonds is 5. The Hall–Kier alpha value is -1.95. The van der Waals surface area contributed by atoms with Crippen LogP contribution in [0.3, 0.4) is 0 Å². The van der Waals surface area contributed by atoms with Gasteiger partial charge in [0, 0.05) is 28.6 Å². The molecule has 1 N–H and O–H groups in total. The van der Waals surface area contributed by atoms with Gasteiger partial charge in [-0.1, -0.05) is 19.9 Å². The molecule has 0 saturated heterocycles. The number of anilines is 1. The maximum absolute atomic E-state index is 11.0. The minimum Gasteiger partial charge on any atom is -0.363 e. The number of hydrogen-bond acceptors (Lipinski definition) is 5. The number of nitrogens with one attached hydrogen (secondary N) is 1. The van der Waals surface area contributed by atoms with Crippen molar-refractivity contribution in [3.63, 3.8) is 0 Å². The van der Waals surface area contributed by atoms with Gasteiger partial charge in [-0.3, -0.25) is 10.1 Å². The number of nitrogens with zero attached hydrogens (tertiary/aromatic N) is 2. The molecule has 0 radical (unpaired) electrons. The van der Waals surface area contributed by atoms with Crippen LogP contribution in [0, 0.1) is 17.0 Å². The van der Waals surface area contributed by atoms with E-state index in [-0.39, 0.29) is 11.1 Å². The van der Waals surface area contributed by atoms with Crippen molar-refractivity contribution in [2.75, 3.05) is 11.9 Å². The summed E-state index contributed by atoms with van der Waals surface area (Å²) < 4.78 is 0. The third-order valence-corrected chi connectivity index (χ3v) is 4.33. The number of aryl methyl sites for hydroxylation is 1. The molecule has 6 heteroatoms. The van der Waals surface area contributed by atoms with Gasteiger partial charge in [-0.05, 0) is 24.4 Å². The van der Waals surface area contributed by atoms with E-state index >= 15 is 0 Å². The van der Waals surface area contributed by atoms with E-state index in [4.69, 9.17) is 0 Å². The van der Waals surface area contributed by atoms with E-state index < -0.39 is 4.92 Å². The van der Waals surface area contributed by atoms with E-state index in [1.807, 2.05) is 18.4 Å². The van der Waals surface area contributed by atoms with Gasteiger partial charge in [0.05, 0.1) is 4.92 Å². The van der Waals surface area contributed by atoms with Gasteiger partial charge in [0.15, 0.2) is 0 Å². The van der Waals surface area contributed by atoms with Gasteiger partial charge in [0.2, 0.25) is 5.82 Å². The molecule has 0 spiro atoms. The van der Waals surface area contributed by atoms with Crippen molar-refractivity contribution in [2.24, 2.45) is 0 Å². The van der Waals surface area contributed by atoms with Crippen LogP contribution in [-0.2, 0) is 5.41 Å². The summed E-state index contributed by atoms with van der Waals surface area (Å²) in [4.78, 5) is 16.1. The first-order valence-electron chi connectivity index (χ1n) is 6.30. The number of nitro groups is 1. The molecule has 0 fully saturated rings. The van der Waals surface area contributed by atoms with Crippen molar-refractivity contribution in [3.8, 4) is 0 Å². The second kappa shape index (κ2) is 5.58. The molecule has 5 nitrogen and oxygen atoms in total. The van der Waals surface area contributed by atoms with E-state index in [0.717, 1.165) is 5.69 Å². The predicted octanol–water partition coefficient (Wildman–Crippen LogP) is 3.75. The van der Waals surface area contributed by atoms with Gasteiger partial charge in [-0.25, -0.2) is 4.98 Å². The number of hydrogen-bond donors (Lipinski definition) is 1. The van der Waals surface area contributed by atoms with Crippen LogP contribution < -0.4 is 5.32 Å². The monoisotopic (exact) mass is 291 g/mol. The highest BCUT2D eigenvalue weighted by Crippen LogP contribution is 2.29. The van der Waals surface area contributed by atoms with E-state index in [0.29, 0.717) is 12.4 Å². The van der Waals surface area contributed by atoms with Crippen LogP contribution >= 0.6 is 11.3 Å². The Morgan fingerprint density at radius 3 is 2.75 bits per heavy atom. The quantitative estimate of drug-likeness (QED) is 0.673. The molecule has 0 amide bonds. The zero-order valence-electron chi connectivity index (χ0n) is 11.7. The summed E-state index contributed by atoms with van der Waals surface area (Å²) in [6, 6.07) is 7.22. The van der Waals surface area contributed by atoms with Gasteiger partial charge in [0.1, 0.15) is 0 Å². The Labute approximate surface area is 121 Å². The molecule has 0 saturated carbocycles. The summed E-state index contributed by atoms with van der Waals surface area (Å²) in [5.41, 5.74) is 0.664. The van der Waals surface area contributed by atoms with Crippen molar-refractivity contribution >= 4 is 22.8 Å². The lowest BCUT2D eigenvalue weighted by molar-refractivity contribution is -0.384. The molecule has 0 aliphatic carbocycles. The van der Waals surface area contributed by atoms with Gasteiger partial charge < -0.3 is 5.32 Å². The number of pyridine rings is 1. The van der Waals surface area contributed by atoms with E-state index in [1.54, 1.807) is 17.4 Å². The second-order valence-electron chi connectivity index (χ2n) is 5.29. The summed E-state index contributed by atoms with van der Waals surface area (Å²) >= 11 is 1.68. The van der Waals surface area contributed by atoms with Crippen molar-refractivity contribution in [1.29, 1.82) is 0 Å². The van der Waals surface area contributed by atoms with Crippen LogP contribution in [-0.4, -0.2) is 16.5 Å². The Bertz CT molecular complexity index is 609. The number of aromatic nitrogens is 1. The van der Waals surface area contributed by atoms with Crippen molar-refractivity contribution < 1.29 is 4.92 Å². The molecule has 0 atom stereocenters. The fourth-order valence-electron chi connectivity index (χ4n) is 1.88. The lowest BCUT2D eigenvalue weighted by atomic mass is 9.91. The smallest absolute Gasteiger partial charge is 0.311 e. The van der Waals surface area contributed by atoms with Gasteiger partial charge >= 0.3 is 5.69 Å². The largest absolute Gasteiger partial charge is 0.363 e. The molecular weight excluding hydrogens is 274 g/mol. The van der Waals surface area contributed by atoms with Crippen LogP contribution in [0.25, 0.3) is 0 Å². The average Bonchev–Trinajstić information content (AvgIpc) is 2.90. The molecule has 0 aliphatic heterocycles. The Balaban J connectivity index is 2.19. The minimum atomic E-state index is -0.410. The molecule has 0 aliphatic rings. The SMILES string of the molecule is Cc1ccc([N+](=O)[O-])c(NCC(C)(C)c2cccs2)n1. The van der Waals surface area contributed by atoms with E-state index in [9.17, 15) is 10.1 Å². The molecule has 0 unspecified atom stereocenters. The first kappa shape index (κ1) is 14.5. The molecule has 106 valence electrons. The Morgan fingerprint density at radius 1 is 1.40 bits per heavy atom. The van der Waals surface area contributed by atoms with Crippen LogP contribution in [0.5, 0.6) is 0 Å². The van der Waals surface area contributed by atoms with Crippen LogP contribution in [0.4, 0.5) is 11.5 Å². The first-order valence-corrected chi connectivity index (χ1v) is 7.18. The molecule has 0 bridgehead atoms. The zero-order chi connectivity index (χ0) is 14.8. The normalized spacial score (nSPS) is 11.3. The second-order valence-corrected chi connectivity index (χ2v) is 6.24. The molecule has 20 heavy (non-hydrogen) atoms. The topological polar surface area (TPSA) is 68.1 Å². The highest BCUT2D eigenvalue weighted by Gasteiger charge is 2.23. The fraction of sp³-hybridized carbons (Fsp3) is 0.357. The third kappa shape index (κ3) is 3.14. The number of thiophene rings is 1. The first-order chi connectivity index (χ1) is 9.40. The van der Waals surface area contributed by atoms with Crippen molar-refractivity contribution in [2.45, 2.75) is 26.2 Å². The molecule has 2 aromatic heterocycles. The van der Waals surface area contributed by atoms with E-state index in [2.05, 4.69) is 30.2 Å². The molecule has 0 aromatic carbocycles. The molecule has 2 aromatic rings. The summed E-state index contributed by atoms with van der Waals surface area (Å²) in [5.74, 6) is 0.333.